The number of anilines is 1. The summed E-state index contributed by atoms with van der Waals surface area (Å²) in [7, 11) is 1.76. The minimum absolute atomic E-state index is 0.0465. The molecule has 0 aliphatic rings. The minimum Gasteiger partial charge on any atom is -0.397 e. The maximum atomic E-state index is 12.3. The fraction of sp³-hybridized carbons (Fsp3) is 0.333. The molecule has 0 fully saturated rings. The first-order chi connectivity index (χ1) is 8.61. The van der Waals surface area contributed by atoms with Crippen LogP contribution in [0.5, 0.6) is 0 Å². The van der Waals surface area contributed by atoms with Crippen LogP contribution >= 0.6 is 0 Å². The molecule has 0 bridgehead atoms. The standard InChI is InChI=1S/C12H17N5O/c1-3-17-8-10(13)4-11(17)12(18)16(2)7-9-5-14-15-6-9/h4-6,8H,3,7,13H2,1-2H3,(H,14,15). The molecule has 6 heteroatoms. The SMILES string of the molecule is CCn1cc(N)cc1C(=O)N(C)Cc1cn[nH]c1. The van der Waals surface area contributed by atoms with E-state index in [0.29, 0.717) is 17.9 Å². The Bertz CT molecular complexity index is 529. The molecule has 2 rings (SSSR count). The molecule has 0 spiro atoms. The first-order valence-corrected chi connectivity index (χ1v) is 5.80. The predicted octanol–water partition coefficient (Wildman–Crippen LogP) is 1.09. The number of nitrogens with two attached hydrogens (primary N) is 1. The van der Waals surface area contributed by atoms with Gasteiger partial charge < -0.3 is 15.2 Å². The summed E-state index contributed by atoms with van der Waals surface area (Å²) < 4.78 is 1.85. The van der Waals surface area contributed by atoms with Crippen molar-refractivity contribution in [3.63, 3.8) is 0 Å². The van der Waals surface area contributed by atoms with Crippen molar-refractivity contribution in [2.75, 3.05) is 12.8 Å². The summed E-state index contributed by atoms with van der Waals surface area (Å²) in [5, 5.41) is 6.58. The van der Waals surface area contributed by atoms with E-state index in [1.165, 1.54) is 0 Å². The lowest BCUT2D eigenvalue weighted by molar-refractivity contribution is 0.0774. The average Bonchev–Trinajstić information content (AvgIpc) is 2.97. The summed E-state index contributed by atoms with van der Waals surface area (Å²) in [5.74, 6) is -0.0465. The van der Waals surface area contributed by atoms with Gasteiger partial charge in [-0.05, 0) is 13.0 Å². The molecule has 1 amide bonds. The number of amides is 1. The molecular formula is C12H17N5O. The van der Waals surface area contributed by atoms with Crippen molar-refractivity contribution in [3.05, 3.63) is 35.9 Å². The molecular weight excluding hydrogens is 230 g/mol. The molecule has 0 saturated heterocycles. The molecule has 0 unspecified atom stereocenters. The lowest BCUT2D eigenvalue weighted by Gasteiger charge is -2.17. The van der Waals surface area contributed by atoms with Crippen molar-refractivity contribution in [2.45, 2.75) is 20.0 Å². The fourth-order valence-corrected chi connectivity index (χ4v) is 1.88. The van der Waals surface area contributed by atoms with Crippen LogP contribution in [0.3, 0.4) is 0 Å². The number of aromatic nitrogens is 3. The van der Waals surface area contributed by atoms with Gasteiger partial charge in [0, 0.05) is 38.1 Å². The number of aromatic amines is 1. The molecule has 0 aromatic carbocycles. The van der Waals surface area contributed by atoms with Crippen LogP contribution in [0.25, 0.3) is 0 Å². The van der Waals surface area contributed by atoms with E-state index in [1.807, 2.05) is 11.5 Å². The molecule has 3 N–H and O–H groups in total. The highest BCUT2D eigenvalue weighted by molar-refractivity contribution is 5.93. The van der Waals surface area contributed by atoms with Gasteiger partial charge >= 0.3 is 0 Å². The molecule has 2 aromatic rings. The van der Waals surface area contributed by atoms with Gasteiger partial charge in [0.2, 0.25) is 0 Å². The van der Waals surface area contributed by atoms with Gasteiger partial charge in [-0.25, -0.2) is 0 Å². The maximum absolute atomic E-state index is 12.3. The van der Waals surface area contributed by atoms with Gasteiger partial charge in [0.05, 0.1) is 11.9 Å². The number of nitrogens with one attached hydrogen (secondary N) is 1. The molecule has 96 valence electrons. The van der Waals surface area contributed by atoms with Gasteiger partial charge in [0.15, 0.2) is 0 Å². The van der Waals surface area contributed by atoms with E-state index in [4.69, 9.17) is 5.73 Å². The highest BCUT2D eigenvalue weighted by Gasteiger charge is 2.16. The summed E-state index contributed by atoms with van der Waals surface area (Å²) in [5.41, 5.74) is 7.91. The Morgan fingerprint density at radius 2 is 2.39 bits per heavy atom. The molecule has 0 aliphatic carbocycles. The van der Waals surface area contributed by atoms with Crippen LogP contribution in [0.1, 0.15) is 23.0 Å². The Morgan fingerprint density at radius 3 is 3.00 bits per heavy atom. The fourth-order valence-electron chi connectivity index (χ4n) is 1.88. The third-order valence-corrected chi connectivity index (χ3v) is 2.80. The Kier molecular flexibility index (Phi) is 3.36. The summed E-state index contributed by atoms with van der Waals surface area (Å²) >= 11 is 0. The van der Waals surface area contributed by atoms with E-state index in [-0.39, 0.29) is 5.91 Å². The number of H-pyrrole nitrogens is 1. The lowest BCUT2D eigenvalue weighted by atomic mass is 10.3. The zero-order valence-corrected chi connectivity index (χ0v) is 10.6. The molecule has 0 saturated carbocycles. The number of rotatable bonds is 4. The normalized spacial score (nSPS) is 10.6. The Labute approximate surface area is 105 Å². The Morgan fingerprint density at radius 1 is 1.61 bits per heavy atom. The smallest absolute Gasteiger partial charge is 0.270 e. The number of hydrogen-bond acceptors (Lipinski definition) is 3. The second-order valence-corrected chi connectivity index (χ2v) is 4.21. The first-order valence-electron chi connectivity index (χ1n) is 5.80. The molecule has 18 heavy (non-hydrogen) atoms. The van der Waals surface area contributed by atoms with Crippen LogP contribution in [0.15, 0.2) is 24.7 Å². The van der Waals surface area contributed by atoms with Gasteiger partial charge in [0.25, 0.3) is 5.91 Å². The minimum atomic E-state index is -0.0465. The average molecular weight is 247 g/mol. The number of nitrogens with zero attached hydrogens (tertiary/aromatic N) is 3. The summed E-state index contributed by atoms with van der Waals surface area (Å²) in [4.78, 5) is 13.9. The molecule has 0 atom stereocenters. The maximum Gasteiger partial charge on any atom is 0.270 e. The number of aryl methyl sites for hydroxylation is 1. The van der Waals surface area contributed by atoms with Crippen LogP contribution in [0, 0.1) is 0 Å². The highest BCUT2D eigenvalue weighted by Crippen LogP contribution is 2.13. The summed E-state index contributed by atoms with van der Waals surface area (Å²) in [6, 6.07) is 1.71. The van der Waals surface area contributed by atoms with Crippen molar-refractivity contribution in [3.8, 4) is 0 Å². The zero-order valence-electron chi connectivity index (χ0n) is 10.6. The van der Waals surface area contributed by atoms with E-state index >= 15 is 0 Å². The Hall–Kier alpha value is -2.24. The van der Waals surface area contributed by atoms with Crippen molar-refractivity contribution in [1.29, 1.82) is 0 Å². The molecule has 6 nitrogen and oxygen atoms in total. The topological polar surface area (TPSA) is 79.9 Å². The van der Waals surface area contributed by atoms with Crippen molar-refractivity contribution in [2.24, 2.45) is 0 Å². The third-order valence-electron chi connectivity index (χ3n) is 2.80. The van der Waals surface area contributed by atoms with Crippen LogP contribution in [0.4, 0.5) is 5.69 Å². The van der Waals surface area contributed by atoms with Crippen molar-refractivity contribution in [1.82, 2.24) is 19.7 Å². The van der Waals surface area contributed by atoms with E-state index in [1.54, 1.807) is 36.6 Å². The third kappa shape index (κ3) is 2.37. The lowest BCUT2D eigenvalue weighted by Crippen LogP contribution is -2.28. The van der Waals surface area contributed by atoms with Crippen LogP contribution in [-0.4, -0.2) is 32.6 Å². The number of carbonyl (C=O) groups is 1. The number of nitrogen functional groups attached to an aromatic ring is 1. The van der Waals surface area contributed by atoms with Gasteiger partial charge in [-0.2, -0.15) is 5.10 Å². The van der Waals surface area contributed by atoms with E-state index < -0.39 is 0 Å². The summed E-state index contributed by atoms with van der Waals surface area (Å²) in [6.45, 7) is 3.22. The second kappa shape index (κ2) is 4.95. The van der Waals surface area contributed by atoms with E-state index in [2.05, 4.69) is 10.2 Å². The van der Waals surface area contributed by atoms with Crippen molar-refractivity contribution < 1.29 is 4.79 Å². The van der Waals surface area contributed by atoms with Gasteiger partial charge in [-0.15, -0.1) is 0 Å². The quantitative estimate of drug-likeness (QED) is 0.848. The predicted molar refractivity (Wildman–Crippen MR) is 68.9 cm³/mol. The first kappa shape index (κ1) is 12.2. The van der Waals surface area contributed by atoms with Gasteiger partial charge in [-0.1, -0.05) is 0 Å². The van der Waals surface area contributed by atoms with Crippen LogP contribution in [-0.2, 0) is 13.1 Å². The number of carbonyl (C=O) groups excluding carboxylic acids is 1. The molecule has 0 aliphatic heterocycles. The van der Waals surface area contributed by atoms with Crippen LogP contribution in [0.2, 0.25) is 0 Å². The molecule has 2 heterocycles. The Balaban J connectivity index is 2.15. The van der Waals surface area contributed by atoms with Gasteiger partial charge in [0.1, 0.15) is 5.69 Å². The van der Waals surface area contributed by atoms with E-state index in [0.717, 1.165) is 12.1 Å². The zero-order chi connectivity index (χ0) is 13.1. The summed E-state index contributed by atoms with van der Waals surface area (Å²) in [6.07, 6.45) is 5.26. The van der Waals surface area contributed by atoms with Gasteiger partial charge in [-0.3, -0.25) is 9.89 Å². The molecule has 2 aromatic heterocycles. The molecule has 0 radical (unpaired) electrons. The monoisotopic (exact) mass is 247 g/mol. The van der Waals surface area contributed by atoms with Crippen LogP contribution < -0.4 is 5.73 Å². The largest absolute Gasteiger partial charge is 0.397 e. The number of hydrogen-bond donors (Lipinski definition) is 2. The highest BCUT2D eigenvalue weighted by atomic mass is 16.2. The van der Waals surface area contributed by atoms with Crippen molar-refractivity contribution >= 4 is 11.6 Å². The second-order valence-electron chi connectivity index (χ2n) is 4.21. The van der Waals surface area contributed by atoms with E-state index in [9.17, 15) is 4.79 Å².